The number of likely N-dealkylation sites (tertiary alicyclic amines) is 1. The van der Waals surface area contributed by atoms with Crippen LogP contribution in [0.1, 0.15) is 58.4 Å². The summed E-state index contributed by atoms with van der Waals surface area (Å²) in [6.45, 7) is 12.7. The molecule has 1 amide bonds. The van der Waals surface area contributed by atoms with Crippen LogP contribution < -0.4 is 21.3 Å². The van der Waals surface area contributed by atoms with E-state index in [1.54, 1.807) is 6.20 Å². The molecule has 3 heterocycles. The third kappa shape index (κ3) is 6.58. The van der Waals surface area contributed by atoms with Crippen LogP contribution in [0.25, 0.3) is 0 Å². The van der Waals surface area contributed by atoms with E-state index in [0.717, 1.165) is 49.8 Å². The summed E-state index contributed by atoms with van der Waals surface area (Å²) in [7, 11) is 0. The Hall–Kier alpha value is -2.35. The van der Waals surface area contributed by atoms with E-state index < -0.39 is 0 Å². The first-order valence-electron chi connectivity index (χ1n) is 12.2. The molecule has 0 spiro atoms. The molecule has 2 aliphatic rings. The predicted octanol–water partition coefficient (Wildman–Crippen LogP) is 2.10. The highest BCUT2D eigenvalue weighted by Crippen LogP contribution is 2.25. The van der Waals surface area contributed by atoms with Crippen LogP contribution in [0.3, 0.4) is 0 Å². The van der Waals surface area contributed by atoms with Crippen molar-refractivity contribution in [1.82, 2.24) is 20.5 Å². The highest BCUT2D eigenvalue weighted by molar-refractivity contribution is 5.80. The quantitative estimate of drug-likeness (QED) is 0.420. The number of aromatic nitrogens is 1. The van der Waals surface area contributed by atoms with Crippen LogP contribution in [-0.2, 0) is 11.3 Å². The average molecular weight is 444 g/mol. The maximum atomic E-state index is 11.7. The summed E-state index contributed by atoms with van der Waals surface area (Å²) >= 11 is 0. The number of nitrogens with zero attached hydrogens (tertiary/aromatic N) is 4. The van der Waals surface area contributed by atoms with E-state index in [1.165, 1.54) is 32.4 Å². The molecule has 1 atom stereocenters. The molecule has 0 aromatic carbocycles. The van der Waals surface area contributed by atoms with Crippen molar-refractivity contribution >= 4 is 17.7 Å². The van der Waals surface area contributed by atoms with Gasteiger partial charge in [-0.25, -0.2) is 9.98 Å². The first-order valence-corrected chi connectivity index (χ1v) is 12.2. The van der Waals surface area contributed by atoms with Crippen molar-refractivity contribution in [2.24, 2.45) is 16.6 Å². The number of hydrogen-bond donors (Lipinski definition) is 3. The lowest BCUT2D eigenvalue weighted by Crippen LogP contribution is -2.54. The van der Waals surface area contributed by atoms with Gasteiger partial charge in [-0.3, -0.25) is 9.69 Å². The van der Waals surface area contributed by atoms with Gasteiger partial charge in [0.15, 0.2) is 5.96 Å². The molecule has 8 nitrogen and oxygen atoms in total. The number of anilines is 1. The summed E-state index contributed by atoms with van der Waals surface area (Å²) in [5.74, 6) is 1.39. The largest absolute Gasteiger partial charge is 0.369 e. The first kappa shape index (κ1) is 24.3. The zero-order valence-corrected chi connectivity index (χ0v) is 20.1. The Morgan fingerprint density at radius 2 is 2.00 bits per heavy atom. The van der Waals surface area contributed by atoms with Crippen LogP contribution in [0.2, 0.25) is 0 Å². The number of nitrogens with one attached hydrogen (secondary N) is 2. The number of nitrogens with two attached hydrogens (primary N) is 1. The summed E-state index contributed by atoms with van der Waals surface area (Å²) < 4.78 is 0. The maximum Gasteiger partial charge on any atom is 0.222 e. The van der Waals surface area contributed by atoms with Gasteiger partial charge in [0.25, 0.3) is 0 Å². The molecule has 4 N–H and O–H groups in total. The van der Waals surface area contributed by atoms with Gasteiger partial charge in [0.05, 0.1) is 12.5 Å². The molecule has 0 saturated carbocycles. The fourth-order valence-electron chi connectivity index (χ4n) is 4.66. The zero-order valence-electron chi connectivity index (χ0n) is 20.1. The van der Waals surface area contributed by atoms with E-state index in [2.05, 4.69) is 52.3 Å². The van der Waals surface area contributed by atoms with E-state index in [0.29, 0.717) is 13.1 Å². The zero-order chi connectivity index (χ0) is 23.0. The minimum atomic E-state index is -0.222. The second-order valence-electron chi connectivity index (χ2n) is 9.58. The van der Waals surface area contributed by atoms with Crippen molar-refractivity contribution < 1.29 is 4.79 Å². The summed E-state index contributed by atoms with van der Waals surface area (Å²) in [5.41, 5.74) is 6.71. The van der Waals surface area contributed by atoms with Gasteiger partial charge in [0.1, 0.15) is 5.82 Å². The number of carbonyl (C=O) groups excluding carboxylic acids is 1. The van der Waals surface area contributed by atoms with Crippen LogP contribution in [0.4, 0.5) is 5.82 Å². The number of aliphatic imine (C=N–C) groups is 1. The fraction of sp³-hybridized carbons (Fsp3) is 0.708. The molecule has 3 rings (SSSR count). The molecule has 1 unspecified atom stereocenters. The molecular weight excluding hydrogens is 402 g/mol. The van der Waals surface area contributed by atoms with Crippen LogP contribution in [-0.4, -0.2) is 66.6 Å². The lowest BCUT2D eigenvalue weighted by atomic mass is 9.97. The summed E-state index contributed by atoms with van der Waals surface area (Å²) in [6, 6.07) is 4.02. The summed E-state index contributed by atoms with van der Waals surface area (Å²) in [4.78, 5) is 26.0. The van der Waals surface area contributed by atoms with Crippen molar-refractivity contribution in [3.8, 4) is 0 Å². The van der Waals surface area contributed by atoms with Crippen molar-refractivity contribution in [3.05, 3.63) is 23.9 Å². The van der Waals surface area contributed by atoms with Gasteiger partial charge >= 0.3 is 0 Å². The molecule has 8 heteroatoms. The Labute approximate surface area is 193 Å². The Kier molecular flexibility index (Phi) is 8.73. The topological polar surface area (TPSA) is 98.9 Å². The normalized spacial score (nSPS) is 20.8. The minimum absolute atomic E-state index is 0.0770. The number of primary amides is 1. The number of amides is 1. The highest BCUT2D eigenvalue weighted by atomic mass is 16.1. The standard InChI is InChI=1S/C24H41N7O/c1-4-26-23(29-18-24(2,3)31-14-6-5-7-15-31)28-16-19-10-8-12-27-22(19)30-13-9-11-20(17-30)21(25)32/h8,10,12,20H,4-7,9,11,13-18H2,1-3H3,(H2,25,32)(H2,26,28,29). The number of guanidine groups is 1. The molecule has 178 valence electrons. The molecule has 0 aliphatic carbocycles. The first-order chi connectivity index (χ1) is 15.4. The Morgan fingerprint density at radius 1 is 1.22 bits per heavy atom. The minimum Gasteiger partial charge on any atom is -0.369 e. The molecule has 2 fully saturated rings. The molecular formula is C24H41N7O. The SMILES string of the molecule is CCNC(=NCc1cccnc1N1CCCC(C(N)=O)C1)NCC(C)(C)N1CCCCC1. The molecule has 1 aromatic heterocycles. The van der Waals surface area contributed by atoms with E-state index in [9.17, 15) is 4.79 Å². The predicted molar refractivity (Wildman–Crippen MR) is 131 cm³/mol. The molecule has 1 aromatic rings. The van der Waals surface area contributed by atoms with E-state index >= 15 is 0 Å². The third-order valence-electron chi connectivity index (χ3n) is 6.64. The second-order valence-corrected chi connectivity index (χ2v) is 9.58. The number of rotatable bonds is 8. The number of piperidine rings is 2. The van der Waals surface area contributed by atoms with Gasteiger partial charge in [-0.2, -0.15) is 0 Å². The second kappa shape index (κ2) is 11.5. The Balaban J connectivity index is 1.66. The van der Waals surface area contributed by atoms with Gasteiger partial charge in [0, 0.05) is 43.5 Å². The van der Waals surface area contributed by atoms with E-state index in [1.807, 2.05) is 6.07 Å². The van der Waals surface area contributed by atoms with Gasteiger partial charge in [-0.05, 0) is 65.6 Å². The Morgan fingerprint density at radius 3 is 2.72 bits per heavy atom. The molecule has 32 heavy (non-hydrogen) atoms. The average Bonchev–Trinajstić information content (AvgIpc) is 2.81. The van der Waals surface area contributed by atoms with Crippen molar-refractivity contribution in [2.75, 3.05) is 44.2 Å². The van der Waals surface area contributed by atoms with Gasteiger partial charge in [0.2, 0.25) is 5.91 Å². The van der Waals surface area contributed by atoms with Crippen LogP contribution in [0.15, 0.2) is 23.3 Å². The van der Waals surface area contributed by atoms with E-state index in [4.69, 9.17) is 10.7 Å². The monoisotopic (exact) mass is 443 g/mol. The smallest absolute Gasteiger partial charge is 0.222 e. The molecule has 2 aliphatic heterocycles. The number of hydrogen-bond acceptors (Lipinski definition) is 5. The highest BCUT2D eigenvalue weighted by Gasteiger charge is 2.28. The number of carbonyl (C=O) groups is 1. The van der Waals surface area contributed by atoms with Crippen LogP contribution >= 0.6 is 0 Å². The summed E-state index contributed by atoms with van der Waals surface area (Å²) in [5, 5.41) is 6.93. The van der Waals surface area contributed by atoms with Crippen molar-refractivity contribution in [3.63, 3.8) is 0 Å². The summed E-state index contributed by atoms with van der Waals surface area (Å²) in [6.07, 6.45) is 7.52. The van der Waals surface area contributed by atoms with Crippen molar-refractivity contribution in [2.45, 2.75) is 65.0 Å². The molecule has 0 radical (unpaired) electrons. The number of pyridine rings is 1. The Bertz CT molecular complexity index is 773. The fourth-order valence-corrected chi connectivity index (χ4v) is 4.66. The van der Waals surface area contributed by atoms with Gasteiger partial charge in [-0.1, -0.05) is 12.5 Å². The third-order valence-corrected chi connectivity index (χ3v) is 6.64. The van der Waals surface area contributed by atoms with Crippen LogP contribution in [0, 0.1) is 5.92 Å². The van der Waals surface area contributed by atoms with Gasteiger partial charge < -0.3 is 21.3 Å². The maximum absolute atomic E-state index is 11.7. The van der Waals surface area contributed by atoms with E-state index in [-0.39, 0.29) is 17.4 Å². The molecule has 2 saturated heterocycles. The van der Waals surface area contributed by atoms with Crippen molar-refractivity contribution in [1.29, 1.82) is 0 Å². The lowest BCUT2D eigenvalue weighted by molar-refractivity contribution is -0.122. The lowest BCUT2D eigenvalue weighted by Gasteiger charge is -2.41. The van der Waals surface area contributed by atoms with Crippen LogP contribution in [0.5, 0.6) is 0 Å². The van der Waals surface area contributed by atoms with Gasteiger partial charge in [-0.15, -0.1) is 0 Å². The molecule has 0 bridgehead atoms.